The van der Waals surface area contributed by atoms with Gasteiger partial charge in [-0.2, -0.15) is 0 Å². The van der Waals surface area contributed by atoms with Gasteiger partial charge in [-0.3, -0.25) is 0 Å². The minimum atomic E-state index is 1.12. The van der Waals surface area contributed by atoms with Crippen LogP contribution < -0.4 is 4.90 Å². The highest BCUT2D eigenvalue weighted by Crippen LogP contribution is 2.51. The summed E-state index contributed by atoms with van der Waals surface area (Å²) in [5.74, 6) is 0. The Morgan fingerprint density at radius 1 is 0.382 bits per heavy atom. The van der Waals surface area contributed by atoms with Crippen molar-refractivity contribution in [3.8, 4) is 27.9 Å². The van der Waals surface area contributed by atoms with Crippen molar-refractivity contribution in [2.75, 3.05) is 4.90 Å². The number of nitrogens with zero attached hydrogens (tertiary/aromatic N) is 2. The SMILES string of the molecule is c1ccc(-c2cccc3cccc(-c4ccccc4N(c4cccc5c4sc4ccccc45)c4cccc5c6ccccc6n(-c6ccccc6)c45)c23)cc1. The average Bonchev–Trinajstić information content (AvgIpc) is 3.81. The number of hydrogen-bond acceptors (Lipinski definition) is 2. The van der Waals surface area contributed by atoms with E-state index >= 15 is 0 Å². The maximum absolute atomic E-state index is 2.54. The summed E-state index contributed by atoms with van der Waals surface area (Å²) in [6, 6.07) is 75.2. The maximum atomic E-state index is 2.54. The second kappa shape index (κ2) is 12.9. The molecule has 0 aliphatic heterocycles. The molecule has 0 radical (unpaired) electrons. The molecular weight excluding hydrogens is 685 g/mol. The van der Waals surface area contributed by atoms with E-state index in [1.54, 1.807) is 0 Å². The van der Waals surface area contributed by atoms with E-state index < -0.39 is 0 Å². The van der Waals surface area contributed by atoms with Crippen molar-refractivity contribution in [1.29, 1.82) is 0 Å². The van der Waals surface area contributed by atoms with Crippen LogP contribution in [-0.4, -0.2) is 4.57 Å². The zero-order valence-corrected chi connectivity index (χ0v) is 30.7. The molecule has 11 rings (SSSR count). The van der Waals surface area contributed by atoms with Gasteiger partial charge in [-0.05, 0) is 69.9 Å². The molecule has 0 N–H and O–H groups in total. The van der Waals surface area contributed by atoms with Crippen LogP contribution in [-0.2, 0) is 0 Å². The molecule has 0 fully saturated rings. The summed E-state index contributed by atoms with van der Waals surface area (Å²) >= 11 is 1.87. The highest BCUT2D eigenvalue weighted by molar-refractivity contribution is 7.26. The lowest BCUT2D eigenvalue weighted by Gasteiger charge is -2.30. The number of benzene rings is 9. The minimum Gasteiger partial charge on any atom is -0.307 e. The zero-order chi connectivity index (χ0) is 36.3. The van der Waals surface area contributed by atoms with Gasteiger partial charge in [0.05, 0.1) is 32.8 Å². The van der Waals surface area contributed by atoms with Crippen LogP contribution in [0.25, 0.3) is 80.7 Å². The summed E-state index contributed by atoms with van der Waals surface area (Å²) in [5, 5.41) is 7.49. The Labute approximate surface area is 323 Å². The van der Waals surface area contributed by atoms with Crippen LogP contribution in [0, 0.1) is 0 Å². The first-order valence-corrected chi connectivity index (χ1v) is 19.6. The van der Waals surface area contributed by atoms with Crippen molar-refractivity contribution < 1.29 is 0 Å². The summed E-state index contributed by atoms with van der Waals surface area (Å²) in [6.45, 7) is 0. The van der Waals surface area contributed by atoms with Crippen molar-refractivity contribution in [3.63, 3.8) is 0 Å². The number of hydrogen-bond donors (Lipinski definition) is 0. The van der Waals surface area contributed by atoms with Gasteiger partial charge < -0.3 is 9.47 Å². The molecule has 0 saturated heterocycles. The topological polar surface area (TPSA) is 8.17 Å². The normalized spacial score (nSPS) is 11.6. The third kappa shape index (κ3) is 5.01. The maximum Gasteiger partial charge on any atom is 0.0782 e. The standard InChI is InChI=1S/C52H34N2S/c1-3-17-35(18-4-1)38-26-13-19-36-20-14-27-42(50(36)38)39-23-7-11-31-46(39)54(48-33-16-29-44-41-25-9-12-34-49(41)55-52(44)48)47-32-15-28-43-40-24-8-10-30-45(40)53(51(43)47)37-21-5-2-6-22-37/h1-34H. The summed E-state index contributed by atoms with van der Waals surface area (Å²) in [4.78, 5) is 2.54. The Morgan fingerprint density at radius 2 is 0.964 bits per heavy atom. The van der Waals surface area contributed by atoms with Crippen LogP contribution >= 0.6 is 11.3 Å². The fourth-order valence-electron chi connectivity index (χ4n) is 8.64. The van der Waals surface area contributed by atoms with Crippen molar-refractivity contribution in [2.45, 2.75) is 0 Å². The summed E-state index contributed by atoms with van der Waals surface area (Å²) < 4.78 is 5.00. The highest BCUT2D eigenvalue weighted by atomic mass is 32.1. The first kappa shape index (κ1) is 31.6. The molecular formula is C52H34N2S. The van der Waals surface area contributed by atoms with Gasteiger partial charge in [-0.25, -0.2) is 0 Å². The first-order valence-electron chi connectivity index (χ1n) is 18.8. The number of para-hydroxylation sites is 4. The molecule has 3 heteroatoms. The molecule has 0 amide bonds. The Morgan fingerprint density at radius 3 is 1.80 bits per heavy atom. The number of aromatic nitrogens is 1. The molecule has 2 nitrogen and oxygen atoms in total. The largest absolute Gasteiger partial charge is 0.307 e. The smallest absolute Gasteiger partial charge is 0.0782 e. The monoisotopic (exact) mass is 718 g/mol. The van der Waals surface area contributed by atoms with Gasteiger partial charge in [0, 0.05) is 37.5 Å². The number of fused-ring (bicyclic) bond motifs is 7. The molecule has 0 atom stereocenters. The predicted molar refractivity (Wildman–Crippen MR) is 237 cm³/mol. The molecule has 0 aliphatic carbocycles. The summed E-state index contributed by atoms with van der Waals surface area (Å²) in [6.07, 6.45) is 0. The molecule has 0 aliphatic rings. The third-order valence-electron chi connectivity index (χ3n) is 11.0. The molecule has 2 aromatic heterocycles. The Kier molecular flexibility index (Phi) is 7.39. The second-order valence-corrected chi connectivity index (χ2v) is 15.1. The van der Waals surface area contributed by atoms with E-state index in [-0.39, 0.29) is 0 Å². The lowest BCUT2D eigenvalue weighted by atomic mass is 9.90. The van der Waals surface area contributed by atoms with Crippen LogP contribution in [0.1, 0.15) is 0 Å². The molecule has 55 heavy (non-hydrogen) atoms. The molecule has 0 bridgehead atoms. The number of thiophene rings is 1. The van der Waals surface area contributed by atoms with Gasteiger partial charge in [-0.15, -0.1) is 11.3 Å². The molecule has 0 unspecified atom stereocenters. The zero-order valence-electron chi connectivity index (χ0n) is 29.9. The molecule has 0 spiro atoms. The third-order valence-corrected chi connectivity index (χ3v) is 12.2. The van der Waals surface area contributed by atoms with Gasteiger partial charge in [0.15, 0.2) is 0 Å². The van der Waals surface area contributed by atoms with Gasteiger partial charge >= 0.3 is 0 Å². The molecule has 2 heterocycles. The average molecular weight is 719 g/mol. The lowest BCUT2D eigenvalue weighted by Crippen LogP contribution is -2.13. The fraction of sp³-hybridized carbons (Fsp3) is 0. The Balaban J connectivity index is 1.28. The van der Waals surface area contributed by atoms with E-state index in [4.69, 9.17) is 0 Å². The van der Waals surface area contributed by atoms with E-state index in [2.05, 4.69) is 216 Å². The van der Waals surface area contributed by atoms with Crippen LogP contribution in [0.3, 0.4) is 0 Å². The quantitative estimate of drug-likeness (QED) is 0.166. The summed E-state index contributed by atoms with van der Waals surface area (Å²) in [5.41, 5.74) is 11.7. The van der Waals surface area contributed by atoms with Crippen LogP contribution in [0.4, 0.5) is 17.1 Å². The Bertz CT molecular complexity index is 3200. The van der Waals surface area contributed by atoms with Crippen LogP contribution in [0.15, 0.2) is 206 Å². The first-order chi connectivity index (χ1) is 27.3. The predicted octanol–water partition coefficient (Wildman–Crippen LogP) is 15.1. The van der Waals surface area contributed by atoms with Crippen molar-refractivity contribution in [3.05, 3.63) is 206 Å². The number of rotatable bonds is 6. The lowest BCUT2D eigenvalue weighted by molar-refractivity contribution is 1.17. The summed E-state index contributed by atoms with van der Waals surface area (Å²) in [7, 11) is 0. The van der Waals surface area contributed by atoms with E-state index in [1.807, 2.05) is 11.3 Å². The molecule has 0 saturated carbocycles. The minimum absolute atomic E-state index is 1.12. The van der Waals surface area contributed by atoms with Crippen molar-refractivity contribution in [2.24, 2.45) is 0 Å². The Hall–Kier alpha value is -6.94. The van der Waals surface area contributed by atoms with Gasteiger partial charge in [0.2, 0.25) is 0 Å². The van der Waals surface area contributed by atoms with E-state index in [9.17, 15) is 0 Å². The second-order valence-electron chi connectivity index (χ2n) is 14.0. The number of anilines is 3. The van der Waals surface area contributed by atoms with Crippen LogP contribution in [0.5, 0.6) is 0 Å². The fourth-order valence-corrected chi connectivity index (χ4v) is 9.85. The van der Waals surface area contributed by atoms with E-state index in [0.29, 0.717) is 0 Å². The van der Waals surface area contributed by atoms with Crippen LogP contribution in [0.2, 0.25) is 0 Å². The van der Waals surface area contributed by atoms with E-state index in [1.165, 1.54) is 75.0 Å². The van der Waals surface area contributed by atoms with Gasteiger partial charge in [-0.1, -0.05) is 164 Å². The van der Waals surface area contributed by atoms with Gasteiger partial charge in [0.1, 0.15) is 0 Å². The molecule has 9 aromatic carbocycles. The van der Waals surface area contributed by atoms with Crippen molar-refractivity contribution in [1.82, 2.24) is 4.57 Å². The highest BCUT2D eigenvalue weighted by Gasteiger charge is 2.26. The molecule has 11 aromatic rings. The van der Waals surface area contributed by atoms with Gasteiger partial charge in [0.25, 0.3) is 0 Å². The molecule has 258 valence electrons. The van der Waals surface area contributed by atoms with E-state index in [0.717, 1.165) is 22.7 Å². The van der Waals surface area contributed by atoms with Crippen molar-refractivity contribution >= 4 is 81.1 Å².